The molecule has 0 bridgehead atoms. The predicted octanol–water partition coefficient (Wildman–Crippen LogP) is 7.45. The summed E-state index contributed by atoms with van der Waals surface area (Å²) in [6, 6.07) is 17.0. The highest BCUT2D eigenvalue weighted by atomic mass is 79.9. The molecule has 6 rings (SSSR count). The van der Waals surface area contributed by atoms with Gasteiger partial charge in [0.25, 0.3) is 11.8 Å². The average molecular weight is 790 g/mol. The van der Waals surface area contributed by atoms with Crippen LogP contribution in [0.2, 0.25) is 0 Å². The average Bonchev–Trinajstić information content (AvgIpc) is 3.37. The molecular weight excluding hydrogens is 757 g/mol. The van der Waals surface area contributed by atoms with Crippen LogP contribution in [0.4, 0.5) is 18.9 Å². The Kier molecular flexibility index (Phi) is 11.7. The van der Waals surface area contributed by atoms with Crippen molar-refractivity contribution < 1.29 is 27.5 Å². The summed E-state index contributed by atoms with van der Waals surface area (Å²) in [7, 11) is 1.87. The van der Waals surface area contributed by atoms with Crippen LogP contribution in [0.15, 0.2) is 85.3 Å². The SMILES string of the molecule is Br.Br.Cc1cc(Oc2ccc3c(c2)cc(C(=O)N2CCN(Cc4cccnc4)CC2)n3C)ncc1NC(=O)c1ccc(C(F)(F)F)cc1. The summed E-state index contributed by atoms with van der Waals surface area (Å²) >= 11 is 0. The Balaban J connectivity index is 0.00000260. The number of hydrogen-bond donors (Lipinski definition) is 1. The Hall–Kier alpha value is -4.27. The van der Waals surface area contributed by atoms with Gasteiger partial charge in [-0.05, 0) is 72.6 Å². The third-order valence-corrected chi connectivity index (χ3v) is 8.05. The first-order chi connectivity index (χ1) is 22.0. The number of amides is 2. The van der Waals surface area contributed by atoms with E-state index in [4.69, 9.17) is 4.74 Å². The summed E-state index contributed by atoms with van der Waals surface area (Å²) in [6.45, 7) is 5.41. The maximum Gasteiger partial charge on any atom is 0.416 e. The van der Waals surface area contributed by atoms with Crippen molar-refractivity contribution >= 4 is 62.4 Å². The number of piperazine rings is 1. The molecule has 252 valence electrons. The van der Waals surface area contributed by atoms with Gasteiger partial charge in [-0.15, -0.1) is 34.0 Å². The lowest BCUT2D eigenvalue weighted by Crippen LogP contribution is -2.48. The van der Waals surface area contributed by atoms with Crippen LogP contribution < -0.4 is 10.1 Å². The molecule has 0 spiro atoms. The van der Waals surface area contributed by atoms with Crippen LogP contribution in [0.5, 0.6) is 11.6 Å². The molecule has 48 heavy (non-hydrogen) atoms. The van der Waals surface area contributed by atoms with E-state index in [0.717, 1.165) is 60.4 Å². The van der Waals surface area contributed by atoms with Gasteiger partial charge < -0.3 is 19.5 Å². The standard InChI is InChI=1S/C34H31F3N6O3.2BrH/c1-22-16-31(39-20-28(22)40-32(44)24-5-7-26(8-6-24)34(35,36)37)46-27-9-10-29-25(17-27)18-30(41(29)2)33(45)43-14-12-42(13-15-43)21-23-4-3-11-38-19-23;;/h3-11,16-20H,12-15,21H2,1-2H3,(H,40,44);2*1H. The fourth-order valence-electron chi connectivity index (χ4n) is 5.46. The fourth-order valence-corrected chi connectivity index (χ4v) is 5.46. The highest BCUT2D eigenvalue weighted by molar-refractivity contribution is 8.93. The largest absolute Gasteiger partial charge is 0.439 e. The number of ether oxygens (including phenoxy) is 1. The topological polar surface area (TPSA) is 92.6 Å². The van der Waals surface area contributed by atoms with E-state index in [9.17, 15) is 22.8 Å². The van der Waals surface area contributed by atoms with Gasteiger partial charge in [-0.2, -0.15) is 13.2 Å². The van der Waals surface area contributed by atoms with Gasteiger partial charge in [0.1, 0.15) is 11.4 Å². The van der Waals surface area contributed by atoms with Gasteiger partial charge in [0.05, 0.1) is 17.4 Å². The van der Waals surface area contributed by atoms with Crippen LogP contribution in [-0.4, -0.2) is 62.3 Å². The number of hydrogen-bond acceptors (Lipinski definition) is 6. The molecule has 0 saturated carbocycles. The zero-order valence-electron chi connectivity index (χ0n) is 26.0. The number of anilines is 1. The minimum atomic E-state index is -4.48. The van der Waals surface area contributed by atoms with Crippen molar-refractivity contribution in [2.45, 2.75) is 19.6 Å². The van der Waals surface area contributed by atoms with E-state index in [1.54, 1.807) is 25.3 Å². The van der Waals surface area contributed by atoms with Crippen molar-refractivity contribution in [3.05, 3.63) is 113 Å². The number of halogens is 5. The highest BCUT2D eigenvalue weighted by Crippen LogP contribution is 2.31. The van der Waals surface area contributed by atoms with E-state index in [1.807, 2.05) is 47.0 Å². The second-order valence-corrected chi connectivity index (χ2v) is 11.2. The minimum Gasteiger partial charge on any atom is -0.439 e. The lowest BCUT2D eigenvalue weighted by Gasteiger charge is -2.34. The Bertz CT molecular complexity index is 1890. The van der Waals surface area contributed by atoms with E-state index in [2.05, 4.69) is 26.3 Å². The Morgan fingerprint density at radius 1 is 0.938 bits per heavy atom. The number of nitrogens with zero attached hydrogens (tertiary/aromatic N) is 5. The van der Waals surface area contributed by atoms with Gasteiger partial charge in [-0.1, -0.05) is 6.07 Å². The maximum absolute atomic E-state index is 13.5. The first-order valence-electron chi connectivity index (χ1n) is 14.7. The van der Waals surface area contributed by atoms with E-state index >= 15 is 0 Å². The van der Waals surface area contributed by atoms with Gasteiger partial charge in [-0.25, -0.2) is 4.98 Å². The van der Waals surface area contributed by atoms with E-state index < -0.39 is 17.6 Å². The molecule has 2 amide bonds. The van der Waals surface area contributed by atoms with E-state index in [0.29, 0.717) is 41.7 Å². The van der Waals surface area contributed by atoms with Crippen LogP contribution >= 0.6 is 34.0 Å². The molecule has 1 fully saturated rings. The molecule has 0 unspecified atom stereocenters. The molecule has 0 radical (unpaired) electrons. The molecule has 0 atom stereocenters. The summed E-state index contributed by atoms with van der Waals surface area (Å²) in [6.07, 6.45) is 0.581. The normalized spacial score (nSPS) is 13.4. The van der Waals surface area contributed by atoms with E-state index in [-0.39, 0.29) is 45.4 Å². The van der Waals surface area contributed by atoms with Crippen LogP contribution in [0.25, 0.3) is 10.9 Å². The van der Waals surface area contributed by atoms with E-state index in [1.165, 1.54) is 6.20 Å². The van der Waals surface area contributed by atoms with Gasteiger partial charge in [0.2, 0.25) is 5.88 Å². The Labute approximate surface area is 296 Å². The number of carbonyl (C=O) groups is 2. The van der Waals surface area contributed by atoms with Crippen molar-refractivity contribution in [3.63, 3.8) is 0 Å². The summed E-state index contributed by atoms with van der Waals surface area (Å²) in [5, 5.41) is 3.52. The number of alkyl halides is 3. The zero-order chi connectivity index (χ0) is 32.4. The van der Waals surface area contributed by atoms with Crippen molar-refractivity contribution in [1.82, 2.24) is 24.3 Å². The van der Waals surface area contributed by atoms with Gasteiger partial charge in [0, 0.05) is 74.7 Å². The fraction of sp³-hybridized carbons (Fsp3) is 0.235. The molecule has 1 N–H and O–H groups in total. The first-order valence-corrected chi connectivity index (χ1v) is 14.7. The van der Waals surface area contributed by atoms with Crippen molar-refractivity contribution in [3.8, 4) is 11.6 Å². The number of rotatable bonds is 7. The van der Waals surface area contributed by atoms with Crippen LogP contribution in [-0.2, 0) is 19.8 Å². The molecule has 1 saturated heterocycles. The molecule has 1 aliphatic heterocycles. The molecule has 9 nitrogen and oxygen atoms in total. The second-order valence-electron chi connectivity index (χ2n) is 11.2. The summed E-state index contributed by atoms with van der Waals surface area (Å²) in [5.41, 5.74) is 2.94. The van der Waals surface area contributed by atoms with Crippen molar-refractivity contribution in [2.24, 2.45) is 7.05 Å². The van der Waals surface area contributed by atoms with Crippen LogP contribution in [0.3, 0.4) is 0 Å². The zero-order valence-corrected chi connectivity index (χ0v) is 29.5. The maximum atomic E-state index is 13.5. The third-order valence-electron chi connectivity index (χ3n) is 8.05. The van der Waals surface area contributed by atoms with Crippen LogP contribution in [0.1, 0.15) is 37.5 Å². The first kappa shape index (κ1) is 36.6. The smallest absolute Gasteiger partial charge is 0.416 e. The molecule has 4 heterocycles. The second kappa shape index (κ2) is 15.3. The highest BCUT2D eigenvalue weighted by Gasteiger charge is 2.30. The number of fused-ring (bicyclic) bond motifs is 1. The summed E-state index contributed by atoms with van der Waals surface area (Å²) in [4.78, 5) is 38.8. The molecule has 2 aromatic carbocycles. The number of benzene rings is 2. The number of aryl methyl sites for hydroxylation is 2. The quantitative estimate of drug-likeness (QED) is 0.184. The number of nitrogens with one attached hydrogen (secondary N) is 1. The predicted molar refractivity (Wildman–Crippen MR) is 187 cm³/mol. The molecule has 1 aliphatic rings. The van der Waals surface area contributed by atoms with Gasteiger partial charge in [-0.3, -0.25) is 19.5 Å². The lowest BCUT2D eigenvalue weighted by atomic mass is 10.1. The third kappa shape index (κ3) is 8.23. The molecule has 14 heteroatoms. The lowest BCUT2D eigenvalue weighted by molar-refractivity contribution is -0.137. The molecule has 5 aromatic rings. The summed E-state index contributed by atoms with van der Waals surface area (Å²) < 4.78 is 46.4. The minimum absolute atomic E-state index is 0. The number of aromatic nitrogens is 3. The van der Waals surface area contributed by atoms with Gasteiger partial charge in [0.15, 0.2) is 0 Å². The number of pyridine rings is 2. The van der Waals surface area contributed by atoms with Gasteiger partial charge >= 0.3 is 6.18 Å². The molecular formula is C34H33Br2F3N6O3. The van der Waals surface area contributed by atoms with Crippen LogP contribution in [0, 0.1) is 6.92 Å². The van der Waals surface area contributed by atoms with Crippen molar-refractivity contribution in [1.29, 1.82) is 0 Å². The Morgan fingerprint density at radius 3 is 2.31 bits per heavy atom. The molecule has 3 aromatic heterocycles. The summed E-state index contributed by atoms with van der Waals surface area (Å²) in [5.74, 6) is 0.238. The number of carbonyl (C=O) groups excluding carboxylic acids is 2. The molecule has 0 aliphatic carbocycles. The monoisotopic (exact) mass is 788 g/mol. The Morgan fingerprint density at radius 2 is 1.67 bits per heavy atom. The van der Waals surface area contributed by atoms with Crippen molar-refractivity contribution in [2.75, 3.05) is 31.5 Å².